The molecule has 0 atom stereocenters. The normalized spacial score (nSPS) is 12.1. The number of carbonyl (C=O) groups is 4. The van der Waals surface area contributed by atoms with Gasteiger partial charge in [-0.05, 0) is 40.2 Å². The van der Waals surface area contributed by atoms with Crippen LogP contribution >= 0.6 is 0 Å². The van der Waals surface area contributed by atoms with E-state index in [1.165, 1.54) is 27.7 Å². The molecule has 1 aliphatic rings. The first-order chi connectivity index (χ1) is 19.7. The van der Waals surface area contributed by atoms with Crippen molar-refractivity contribution in [3.63, 3.8) is 0 Å². The highest BCUT2D eigenvalue weighted by atomic mass is 17.2. The second kappa shape index (κ2) is 17.3. The predicted molar refractivity (Wildman–Crippen MR) is 153 cm³/mol. The van der Waals surface area contributed by atoms with Gasteiger partial charge in [-0.3, -0.25) is 0 Å². The lowest BCUT2D eigenvalue weighted by Gasteiger charge is -2.35. The molecule has 42 heavy (non-hydrogen) atoms. The summed E-state index contributed by atoms with van der Waals surface area (Å²) >= 11 is 0. The molecule has 0 amide bonds. The minimum atomic E-state index is -1.25. The van der Waals surface area contributed by atoms with Crippen molar-refractivity contribution >= 4 is 23.9 Å². The number of rotatable bonds is 22. The molecule has 0 radical (unpaired) electrons. The minimum absolute atomic E-state index is 0.0707. The summed E-state index contributed by atoms with van der Waals surface area (Å²) in [6.07, 6.45) is 2.11. The Bertz CT molecular complexity index is 1080. The molecular weight excluding hydrogens is 548 g/mol. The van der Waals surface area contributed by atoms with Crippen LogP contribution in [-0.2, 0) is 52.6 Å². The Morgan fingerprint density at radius 1 is 0.619 bits per heavy atom. The molecule has 11 heteroatoms. The van der Waals surface area contributed by atoms with Crippen LogP contribution in [0.1, 0.15) is 41.0 Å². The summed E-state index contributed by atoms with van der Waals surface area (Å²) in [5, 5.41) is 0. The Morgan fingerprint density at radius 2 is 0.976 bits per heavy atom. The average Bonchev–Trinajstić information content (AvgIpc) is 3.77. The van der Waals surface area contributed by atoms with Crippen LogP contribution in [-0.4, -0.2) is 76.7 Å². The second-order valence-electron chi connectivity index (χ2n) is 10.6. The molecule has 0 bridgehead atoms. The number of carbonyl (C=O) groups excluding carboxylic acids is 4. The summed E-state index contributed by atoms with van der Waals surface area (Å²) in [6, 6.07) is 0. The lowest BCUT2D eigenvalue weighted by molar-refractivity contribution is -0.311. The van der Waals surface area contributed by atoms with Crippen LogP contribution in [0.3, 0.4) is 0 Å². The Kier molecular flexibility index (Phi) is 14.9. The molecule has 0 aliphatic heterocycles. The number of hydrogen-bond donors (Lipinski definition) is 0. The first-order valence-electron chi connectivity index (χ1n) is 13.2. The van der Waals surface area contributed by atoms with Crippen LogP contribution in [0, 0.1) is 10.8 Å². The fourth-order valence-corrected chi connectivity index (χ4v) is 2.94. The molecule has 0 heterocycles. The van der Waals surface area contributed by atoms with Crippen LogP contribution in [0.25, 0.3) is 0 Å². The van der Waals surface area contributed by atoms with Crippen molar-refractivity contribution in [2.24, 2.45) is 10.8 Å². The van der Waals surface area contributed by atoms with Gasteiger partial charge in [-0.1, -0.05) is 33.2 Å². The van der Waals surface area contributed by atoms with E-state index in [2.05, 4.69) is 32.0 Å². The molecular formula is C31H42O11. The molecule has 0 fully saturated rings. The van der Waals surface area contributed by atoms with Gasteiger partial charge in [-0.25, -0.2) is 29.0 Å². The van der Waals surface area contributed by atoms with Gasteiger partial charge in [0, 0.05) is 27.9 Å². The zero-order valence-electron chi connectivity index (χ0n) is 25.3. The lowest BCUT2D eigenvalue weighted by Crippen LogP contribution is -2.45. The van der Waals surface area contributed by atoms with Gasteiger partial charge in [-0.2, -0.15) is 0 Å². The highest BCUT2D eigenvalue weighted by Crippen LogP contribution is 2.28. The van der Waals surface area contributed by atoms with E-state index in [0.29, 0.717) is 6.42 Å². The smallest absolute Gasteiger partial charge is 0.333 e. The number of hydrogen-bond acceptors (Lipinski definition) is 11. The molecule has 1 aliphatic carbocycles. The maximum Gasteiger partial charge on any atom is 0.333 e. The molecule has 0 aromatic rings. The number of esters is 4. The van der Waals surface area contributed by atoms with E-state index < -0.39 is 34.7 Å². The van der Waals surface area contributed by atoms with E-state index in [1.54, 1.807) is 6.08 Å². The Hall–Kier alpha value is -3.76. The Morgan fingerprint density at radius 3 is 1.31 bits per heavy atom. The maximum atomic E-state index is 12.3. The van der Waals surface area contributed by atoms with Gasteiger partial charge in [-0.15, -0.1) is 5.73 Å². The standard InChI is InChI=1S/C31H42O11/c1-10-30(16-37-26(32)21(2)3,17-38-27(33)22(4)5)14-36-15-31(18-39-28(34)23(6)7,19-40-29(35)24(8)9)20-42-41-13-25-11-12-25/h11H,2,4,6,8,10,13-20H2,1,3,5,7,9H3. The SMILES string of the molecule is C=C(C)C(=O)OCC(CC)(COCC(COOCC1=C=C1)(COC(=O)C(=C)C)COC(=O)C(=C)C)COC(=O)C(=C)C. The molecule has 0 saturated carbocycles. The third-order valence-electron chi connectivity index (χ3n) is 6.01. The van der Waals surface area contributed by atoms with Crippen molar-refractivity contribution in [3.8, 4) is 0 Å². The van der Waals surface area contributed by atoms with Crippen molar-refractivity contribution in [1.82, 2.24) is 0 Å². The fourth-order valence-electron chi connectivity index (χ4n) is 2.94. The molecule has 232 valence electrons. The highest BCUT2D eigenvalue weighted by molar-refractivity contribution is 5.88. The minimum Gasteiger partial charge on any atom is -0.462 e. The zero-order valence-corrected chi connectivity index (χ0v) is 25.3. The van der Waals surface area contributed by atoms with Crippen molar-refractivity contribution < 1.29 is 52.6 Å². The molecule has 0 saturated heterocycles. The van der Waals surface area contributed by atoms with Crippen molar-refractivity contribution in [2.45, 2.75) is 41.0 Å². The first-order valence-corrected chi connectivity index (χ1v) is 13.2. The van der Waals surface area contributed by atoms with Crippen LogP contribution < -0.4 is 0 Å². The zero-order chi connectivity index (χ0) is 31.9. The van der Waals surface area contributed by atoms with Crippen molar-refractivity contribution in [3.05, 3.63) is 66.0 Å². The molecule has 0 spiro atoms. The predicted octanol–water partition coefficient (Wildman–Crippen LogP) is 3.91. The van der Waals surface area contributed by atoms with Gasteiger partial charge in [0.25, 0.3) is 0 Å². The molecule has 0 aromatic heterocycles. The van der Waals surface area contributed by atoms with E-state index in [-0.39, 0.29) is 75.1 Å². The topological polar surface area (TPSA) is 133 Å². The molecule has 1 rings (SSSR count). The largest absolute Gasteiger partial charge is 0.462 e. The van der Waals surface area contributed by atoms with Gasteiger partial charge in [0.2, 0.25) is 0 Å². The molecule has 0 aromatic carbocycles. The van der Waals surface area contributed by atoms with Gasteiger partial charge in [0.05, 0.1) is 30.7 Å². The monoisotopic (exact) mass is 590 g/mol. The van der Waals surface area contributed by atoms with Crippen LogP contribution in [0.2, 0.25) is 0 Å². The van der Waals surface area contributed by atoms with E-state index in [9.17, 15) is 19.2 Å². The van der Waals surface area contributed by atoms with E-state index in [1.807, 2.05) is 6.92 Å². The van der Waals surface area contributed by atoms with Crippen LogP contribution in [0.15, 0.2) is 66.0 Å². The highest BCUT2D eigenvalue weighted by Gasteiger charge is 2.39. The van der Waals surface area contributed by atoms with E-state index in [4.69, 9.17) is 33.5 Å². The summed E-state index contributed by atoms with van der Waals surface area (Å²) in [5.74, 6) is -2.56. The summed E-state index contributed by atoms with van der Waals surface area (Å²) in [4.78, 5) is 59.5. The number of ether oxygens (including phenoxy) is 5. The quantitative estimate of drug-likeness (QED) is 0.0346. The van der Waals surface area contributed by atoms with Gasteiger partial charge < -0.3 is 23.7 Å². The average molecular weight is 591 g/mol. The summed E-state index contributed by atoms with van der Waals surface area (Å²) < 4.78 is 27.8. The third-order valence-corrected chi connectivity index (χ3v) is 6.01. The molecule has 0 unspecified atom stereocenters. The van der Waals surface area contributed by atoms with Gasteiger partial charge in [0.1, 0.15) is 33.0 Å². The second-order valence-corrected chi connectivity index (χ2v) is 10.6. The molecule has 0 N–H and O–H groups in total. The van der Waals surface area contributed by atoms with Crippen LogP contribution in [0.4, 0.5) is 0 Å². The summed E-state index contributed by atoms with van der Waals surface area (Å²) in [5.41, 5.74) is 2.21. The van der Waals surface area contributed by atoms with E-state index in [0.717, 1.165) is 5.57 Å². The third kappa shape index (κ3) is 13.3. The maximum absolute atomic E-state index is 12.3. The summed E-state index contributed by atoms with van der Waals surface area (Å²) in [6.45, 7) is 21.0. The Labute approximate surface area is 247 Å². The van der Waals surface area contributed by atoms with Crippen molar-refractivity contribution in [1.29, 1.82) is 0 Å². The Balaban J connectivity index is 3.20. The van der Waals surface area contributed by atoms with Gasteiger partial charge >= 0.3 is 23.9 Å². The van der Waals surface area contributed by atoms with Crippen LogP contribution in [0.5, 0.6) is 0 Å². The first kappa shape index (κ1) is 36.3. The van der Waals surface area contributed by atoms with Gasteiger partial charge in [0.15, 0.2) is 0 Å². The van der Waals surface area contributed by atoms with Crippen molar-refractivity contribution in [2.75, 3.05) is 52.9 Å². The fraction of sp³-hybridized carbons (Fsp3) is 0.516. The summed E-state index contributed by atoms with van der Waals surface area (Å²) in [7, 11) is 0. The van der Waals surface area contributed by atoms with E-state index >= 15 is 0 Å². The molecule has 11 nitrogen and oxygen atoms in total. The lowest BCUT2D eigenvalue weighted by atomic mass is 9.87.